The van der Waals surface area contributed by atoms with Gasteiger partial charge < -0.3 is 4.90 Å². The predicted octanol–water partition coefficient (Wildman–Crippen LogP) is 3.29. The van der Waals surface area contributed by atoms with Crippen molar-refractivity contribution in [3.8, 4) is 0 Å². The van der Waals surface area contributed by atoms with E-state index in [-0.39, 0.29) is 12.4 Å². The molecule has 0 aromatic heterocycles. The summed E-state index contributed by atoms with van der Waals surface area (Å²) in [5.74, 6) is 0. The third kappa shape index (κ3) is 3.29. The Hall–Kier alpha value is -0.660. The van der Waals surface area contributed by atoms with E-state index in [2.05, 4.69) is 6.58 Å². The fraction of sp³-hybridized carbons (Fsp3) is 0.200. The monoisotopic (exact) mass is 217 g/mol. The number of hydrogen-bond acceptors (Lipinski definition) is 1. The third-order valence-corrected chi connectivity index (χ3v) is 1.97. The van der Waals surface area contributed by atoms with Crippen molar-refractivity contribution in [2.24, 2.45) is 0 Å². The molecule has 3 heteroatoms. The van der Waals surface area contributed by atoms with Crippen molar-refractivity contribution >= 4 is 29.7 Å². The second-order valence-electron chi connectivity index (χ2n) is 2.85. The molecular formula is C10H13Cl2N. The van der Waals surface area contributed by atoms with Crippen LogP contribution in [-0.4, -0.2) is 19.0 Å². The summed E-state index contributed by atoms with van der Waals surface area (Å²) in [5, 5.41) is 0.755. The summed E-state index contributed by atoms with van der Waals surface area (Å²) in [4.78, 5) is 1.98. The SMILES string of the molecule is C=C(c1ccc(Cl)cc1)N(C)C.Cl. The first-order valence-corrected chi connectivity index (χ1v) is 4.11. The van der Waals surface area contributed by atoms with Crippen LogP contribution in [0.1, 0.15) is 5.56 Å². The maximum Gasteiger partial charge on any atom is 0.0406 e. The van der Waals surface area contributed by atoms with E-state index in [1.807, 2.05) is 43.3 Å². The van der Waals surface area contributed by atoms with Crippen molar-refractivity contribution in [3.05, 3.63) is 41.4 Å². The molecule has 0 saturated heterocycles. The fourth-order valence-corrected chi connectivity index (χ4v) is 1.03. The number of halogens is 2. The summed E-state index contributed by atoms with van der Waals surface area (Å²) < 4.78 is 0. The maximum absolute atomic E-state index is 5.75. The average Bonchev–Trinajstić information content (AvgIpc) is 2.04. The maximum atomic E-state index is 5.75. The summed E-state index contributed by atoms with van der Waals surface area (Å²) in [5.41, 5.74) is 2.09. The molecule has 13 heavy (non-hydrogen) atoms. The van der Waals surface area contributed by atoms with Gasteiger partial charge in [-0.2, -0.15) is 0 Å². The molecule has 72 valence electrons. The molecule has 0 spiro atoms. The lowest BCUT2D eigenvalue weighted by Crippen LogP contribution is -2.08. The van der Waals surface area contributed by atoms with Crippen molar-refractivity contribution in [2.75, 3.05) is 14.1 Å². The van der Waals surface area contributed by atoms with E-state index in [1.54, 1.807) is 0 Å². The molecule has 0 atom stereocenters. The lowest BCUT2D eigenvalue weighted by Gasteiger charge is -2.15. The van der Waals surface area contributed by atoms with E-state index >= 15 is 0 Å². The van der Waals surface area contributed by atoms with Crippen LogP contribution in [0.25, 0.3) is 5.70 Å². The van der Waals surface area contributed by atoms with Gasteiger partial charge in [0.05, 0.1) is 0 Å². The first-order valence-electron chi connectivity index (χ1n) is 3.73. The van der Waals surface area contributed by atoms with E-state index in [0.717, 1.165) is 16.3 Å². The molecule has 0 amide bonds. The second kappa shape index (κ2) is 5.15. The predicted molar refractivity (Wildman–Crippen MR) is 61.4 cm³/mol. The van der Waals surface area contributed by atoms with E-state index < -0.39 is 0 Å². The third-order valence-electron chi connectivity index (χ3n) is 1.72. The van der Waals surface area contributed by atoms with Crippen molar-refractivity contribution in [3.63, 3.8) is 0 Å². The molecular weight excluding hydrogens is 205 g/mol. The van der Waals surface area contributed by atoms with Crippen LogP contribution >= 0.6 is 24.0 Å². The van der Waals surface area contributed by atoms with Gasteiger partial charge in [-0.3, -0.25) is 0 Å². The van der Waals surface area contributed by atoms with Gasteiger partial charge in [0.2, 0.25) is 0 Å². The first-order chi connectivity index (χ1) is 5.61. The highest BCUT2D eigenvalue weighted by molar-refractivity contribution is 6.30. The van der Waals surface area contributed by atoms with Gasteiger partial charge in [-0.05, 0) is 17.7 Å². The van der Waals surface area contributed by atoms with E-state index in [4.69, 9.17) is 11.6 Å². The van der Waals surface area contributed by atoms with Gasteiger partial charge in [0.1, 0.15) is 0 Å². The molecule has 1 rings (SSSR count). The Labute approximate surface area is 90.4 Å². The molecule has 0 aliphatic carbocycles. The normalized spacial score (nSPS) is 8.85. The Bertz CT molecular complexity index is 277. The number of nitrogens with zero attached hydrogens (tertiary/aromatic N) is 1. The quantitative estimate of drug-likeness (QED) is 0.736. The Balaban J connectivity index is 0.00000144. The summed E-state index contributed by atoms with van der Waals surface area (Å²) >= 11 is 5.75. The van der Waals surface area contributed by atoms with Crippen LogP contribution in [0.5, 0.6) is 0 Å². The summed E-state index contributed by atoms with van der Waals surface area (Å²) in [6, 6.07) is 7.66. The van der Waals surface area contributed by atoms with Crippen LogP contribution < -0.4 is 0 Å². The zero-order valence-electron chi connectivity index (χ0n) is 7.75. The minimum atomic E-state index is 0. The molecule has 0 radical (unpaired) electrons. The van der Waals surface area contributed by atoms with Crippen molar-refractivity contribution in [2.45, 2.75) is 0 Å². The molecule has 0 saturated carbocycles. The number of hydrogen-bond donors (Lipinski definition) is 0. The van der Waals surface area contributed by atoms with E-state index in [9.17, 15) is 0 Å². The Kier molecular flexibility index (Phi) is 4.89. The molecule has 0 bridgehead atoms. The van der Waals surface area contributed by atoms with Crippen LogP contribution in [0.4, 0.5) is 0 Å². The average molecular weight is 218 g/mol. The standard InChI is InChI=1S/C10H12ClN.ClH/c1-8(12(2)3)9-4-6-10(11)7-5-9;/h4-7H,1H2,2-3H3;1H. The molecule has 0 aliphatic heterocycles. The van der Waals surface area contributed by atoms with Crippen LogP contribution in [0.3, 0.4) is 0 Å². The molecule has 1 aromatic carbocycles. The molecule has 1 nitrogen and oxygen atoms in total. The van der Waals surface area contributed by atoms with Crippen LogP contribution in [0.15, 0.2) is 30.8 Å². The van der Waals surface area contributed by atoms with Gasteiger partial charge in [-0.1, -0.05) is 30.3 Å². The van der Waals surface area contributed by atoms with Gasteiger partial charge >= 0.3 is 0 Å². The molecule has 0 N–H and O–H groups in total. The molecule has 0 fully saturated rings. The van der Waals surface area contributed by atoms with Crippen LogP contribution in [-0.2, 0) is 0 Å². The lowest BCUT2D eigenvalue weighted by atomic mass is 10.2. The summed E-state index contributed by atoms with van der Waals surface area (Å²) in [6.45, 7) is 3.94. The minimum absolute atomic E-state index is 0. The molecule has 0 unspecified atom stereocenters. The Morgan fingerprint density at radius 1 is 1.23 bits per heavy atom. The Morgan fingerprint density at radius 2 is 1.69 bits per heavy atom. The van der Waals surface area contributed by atoms with Gasteiger partial charge in [0, 0.05) is 24.8 Å². The van der Waals surface area contributed by atoms with Crippen molar-refractivity contribution in [1.29, 1.82) is 0 Å². The zero-order valence-corrected chi connectivity index (χ0v) is 9.32. The highest BCUT2D eigenvalue weighted by Crippen LogP contribution is 2.16. The van der Waals surface area contributed by atoms with Gasteiger partial charge in [-0.25, -0.2) is 0 Å². The van der Waals surface area contributed by atoms with Crippen molar-refractivity contribution < 1.29 is 0 Å². The topological polar surface area (TPSA) is 3.24 Å². The second-order valence-corrected chi connectivity index (χ2v) is 3.28. The van der Waals surface area contributed by atoms with Crippen molar-refractivity contribution in [1.82, 2.24) is 4.90 Å². The van der Waals surface area contributed by atoms with E-state index in [1.165, 1.54) is 0 Å². The van der Waals surface area contributed by atoms with Gasteiger partial charge in [0.25, 0.3) is 0 Å². The summed E-state index contributed by atoms with van der Waals surface area (Å²) in [7, 11) is 3.94. The van der Waals surface area contributed by atoms with E-state index in [0.29, 0.717) is 0 Å². The first kappa shape index (κ1) is 12.3. The van der Waals surface area contributed by atoms with Crippen LogP contribution in [0, 0.1) is 0 Å². The highest BCUT2D eigenvalue weighted by atomic mass is 35.5. The Morgan fingerprint density at radius 3 is 2.08 bits per heavy atom. The zero-order chi connectivity index (χ0) is 9.14. The number of benzene rings is 1. The lowest BCUT2D eigenvalue weighted by molar-refractivity contribution is 0.593. The highest BCUT2D eigenvalue weighted by Gasteiger charge is 1.99. The smallest absolute Gasteiger partial charge is 0.0406 e. The molecule has 0 heterocycles. The van der Waals surface area contributed by atoms with Gasteiger partial charge in [-0.15, -0.1) is 12.4 Å². The largest absolute Gasteiger partial charge is 0.378 e. The van der Waals surface area contributed by atoms with Crippen LogP contribution in [0.2, 0.25) is 5.02 Å². The summed E-state index contributed by atoms with van der Waals surface area (Å²) in [6.07, 6.45) is 0. The minimum Gasteiger partial charge on any atom is -0.378 e. The van der Waals surface area contributed by atoms with Gasteiger partial charge in [0.15, 0.2) is 0 Å². The number of rotatable bonds is 2. The molecule has 1 aromatic rings. The molecule has 0 aliphatic rings. The fourth-order valence-electron chi connectivity index (χ4n) is 0.900.